The van der Waals surface area contributed by atoms with Crippen LogP contribution in [0.5, 0.6) is 5.75 Å². The summed E-state index contributed by atoms with van der Waals surface area (Å²) in [7, 11) is 0. The Morgan fingerprint density at radius 3 is 2.19 bits per heavy atom. The topological polar surface area (TPSA) is 43.7 Å². The minimum atomic E-state index is -0.529. The molecule has 3 heteroatoms. The van der Waals surface area contributed by atoms with Gasteiger partial charge < -0.3 is 10.2 Å². The molecule has 2 aromatic carbocycles. The molecule has 2 aliphatic rings. The number of phenolic OH excluding ortho intramolecular Hbond substituents is 1. The van der Waals surface area contributed by atoms with E-state index in [-0.39, 0.29) is 11.8 Å². The fourth-order valence-corrected chi connectivity index (χ4v) is 4.77. The SMILES string of the molecule is CC(C(O)c1ccc(O)cc1)N1C2CCC1CC(=Cc1ccccc1)C2. The molecule has 2 bridgehead atoms. The van der Waals surface area contributed by atoms with Crippen molar-refractivity contribution in [3.8, 4) is 5.75 Å². The Balaban J connectivity index is 1.49. The van der Waals surface area contributed by atoms with Crippen molar-refractivity contribution in [3.05, 3.63) is 71.3 Å². The number of rotatable bonds is 4. The zero-order valence-corrected chi connectivity index (χ0v) is 15.3. The smallest absolute Gasteiger partial charge is 0.115 e. The van der Waals surface area contributed by atoms with Crippen LogP contribution in [-0.4, -0.2) is 33.2 Å². The van der Waals surface area contributed by atoms with Crippen LogP contribution < -0.4 is 0 Å². The van der Waals surface area contributed by atoms with Gasteiger partial charge in [-0.3, -0.25) is 4.90 Å². The van der Waals surface area contributed by atoms with Crippen LogP contribution in [0.4, 0.5) is 0 Å². The molecule has 2 aliphatic heterocycles. The second-order valence-corrected chi connectivity index (χ2v) is 7.73. The van der Waals surface area contributed by atoms with Crippen LogP contribution >= 0.6 is 0 Å². The monoisotopic (exact) mass is 349 g/mol. The van der Waals surface area contributed by atoms with Gasteiger partial charge >= 0.3 is 0 Å². The number of aliphatic hydroxyl groups excluding tert-OH is 1. The second kappa shape index (κ2) is 7.26. The van der Waals surface area contributed by atoms with Crippen molar-refractivity contribution < 1.29 is 10.2 Å². The maximum absolute atomic E-state index is 10.9. The standard InChI is InChI=1S/C23H27NO2/c1-16(23(26)19-7-11-22(25)12-8-19)24-20-9-10-21(24)15-18(14-20)13-17-5-3-2-4-6-17/h2-8,11-13,16,20-21,23,25-26H,9-10,14-15H2,1H3. The molecule has 0 spiro atoms. The van der Waals surface area contributed by atoms with Crippen LogP contribution in [-0.2, 0) is 0 Å². The molecule has 0 radical (unpaired) electrons. The lowest BCUT2D eigenvalue weighted by atomic mass is 9.91. The lowest BCUT2D eigenvalue weighted by molar-refractivity contribution is 0.0195. The predicted molar refractivity (Wildman–Crippen MR) is 105 cm³/mol. The van der Waals surface area contributed by atoms with E-state index < -0.39 is 6.10 Å². The van der Waals surface area contributed by atoms with E-state index >= 15 is 0 Å². The van der Waals surface area contributed by atoms with Crippen LogP contribution in [0, 0.1) is 0 Å². The predicted octanol–water partition coefficient (Wildman–Crippen LogP) is 4.52. The number of piperidine rings is 1. The summed E-state index contributed by atoms with van der Waals surface area (Å²) in [5, 5.41) is 20.3. The van der Waals surface area contributed by atoms with Crippen molar-refractivity contribution in [1.29, 1.82) is 0 Å². The number of benzene rings is 2. The molecule has 0 amide bonds. The van der Waals surface area contributed by atoms with E-state index in [0.717, 1.165) is 18.4 Å². The largest absolute Gasteiger partial charge is 0.508 e. The molecule has 0 saturated carbocycles. The van der Waals surface area contributed by atoms with Gasteiger partial charge in [0.1, 0.15) is 5.75 Å². The van der Waals surface area contributed by atoms with E-state index in [9.17, 15) is 10.2 Å². The molecule has 4 atom stereocenters. The normalized spacial score (nSPS) is 25.1. The van der Waals surface area contributed by atoms with Gasteiger partial charge in [-0.25, -0.2) is 0 Å². The lowest BCUT2D eigenvalue weighted by Gasteiger charge is -2.42. The molecule has 0 aliphatic carbocycles. The summed E-state index contributed by atoms with van der Waals surface area (Å²) in [6.45, 7) is 2.13. The molecule has 3 nitrogen and oxygen atoms in total. The number of aromatic hydroxyl groups is 1. The molecule has 136 valence electrons. The van der Waals surface area contributed by atoms with E-state index in [1.54, 1.807) is 12.1 Å². The summed E-state index contributed by atoms with van der Waals surface area (Å²) in [4.78, 5) is 2.54. The van der Waals surface area contributed by atoms with E-state index in [0.29, 0.717) is 12.1 Å². The molecular formula is C23H27NO2. The Kier molecular flexibility index (Phi) is 4.84. The maximum atomic E-state index is 10.9. The first-order valence-corrected chi connectivity index (χ1v) is 9.61. The van der Waals surface area contributed by atoms with Gasteiger partial charge in [0, 0.05) is 18.1 Å². The number of fused-ring (bicyclic) bond motifs is 2. The fourth-order valence-electron chi connectivity index (χ4n) is 4.77. The van der Waals surface area contributed by atoms with Crippen molar-refractivity contribution in [1.82, 2.24) is 4.90 Å². The molecule has 2 fully saturated rings. The minimum Gasteiger partial charge on any atom is -0.508 e. The highest BCUT2D eigenvalue weighted by Gasteiger charge is 2.42. The van der Waals surface area contributed by atoms with E-state index in [2.05, 4.69) is 48.2 Å². The van der Waals surface area contributed by atoms with Crippen LogP contribution in [0.1, 0.15) is 49.8 Å². The molecule has 2 aromatic rings. The Hall–Kier alpha value is -2.10. The van der Waals surface area contributed by atoms with Gasteiger partial charge in [-0.15, -0.1) is 0 Å². The molecule has 2 heterocycles. The number of hydrogen-bond donors (Lipinski definition) is 2. The number of aliphatic hydroxyl groups is 1. The van der Waals surface area contributed by atoms with Gasteiger partial charge in [0.15, 0.2) is 0 Å². The average Bonchev–Trinajstić information content (AvgIpc) is 2.92. The molecule has 4 unspecified atom stereocenters. The van der Waals surface area contributed by atoms with Crippen molar-refractivity contribution in [2.75, 3.05) is 0 Å². The summed E-state index contributed by atoms with van der Waals surface area (Å²) in [5.41, 5.74) is 3.69. The van der Waals surface area contributed by atoms with Gasteiger partial charge in [-0.1, -0.05) is 54.1 Å². The fraction of sp³-hybridized carbons (Fsp3) is 0.391. The zero-order chi connectivity index (χ0) is 18.1. The molecule has 2 saturated heterocycles. The molecular weight excluding hydrogens is 322 g/mol. The first-order valence-electron chi connectivity index (χ1n) is 9.61. The summed E-state index contributed by atoms with van der Waals surface area (Å²) in [6, 6.07) is 18.6. The van der Waals surface area contributed by atoms with E-state index in [1.165, 1.54) is 24.0 Å². The zero-order valence-electron chi connectivity index (χ0n) is 15.3. The Bertz CT molecular complexity index is 753. The average molecular weight is 349 g/mol. The molecule has 0 aromatic heterocycles. The second-order valence-electron chi connectivity index (χ2n) is 7.73. The Morgan fingerprint density at radius 1 is 0.962 bits per heavy atom. The number of hydrogen-bond acceptors (Lipinski definition) is 3. The van der Waals surface area contributed by atoms with Crippen molar-refractivity contribution in [2.24, 2.45) is 0 Å². The summed E-state index contributed by atoms with van der Waals surface area (Å²) < 4.78 is 0. The van der Waals surface area contributed by atoms with Gasteiger partial charge in [0.2, 0.25) is 0 Å². The quantitative estimate of drug-likeness (QED) is 0.853. The van der Waals surface area contributed by atoms with Gasteiger partial charge in [-0.05, 0) is 55.9 Å². The first-order chi connectivity index (χ1) is 12.6. The summed E-state index contributed by atoms with van der Waals surface area (Å²) in [6.07, 6.45) is 6.44. The van der Waals surface area contributed by atoms with Gasteiger partial charge in [0.25, 0.3) is 0 Å². The number of phenols is 1. The summed E-state index contributed by atoms with van der Waals surface area (Å²) >= 11 is 0. The lowest BCUT2D eigenvalue weighted by Crippen LogP contribution is -2.48. The first kappa shape index (κ1) is 17.3. The Morgan fingerprint density at radius 2 is 1.58 bits per heavy atom. The highest BCUT2D eigenvalue weighted by Crippen LogP contribution is 2.42. The van der Waals surface area contributed by atoms with Gasteiger partial charge in [-0.2, -0.15) is 0 Å². The molecule has 4 rings (SSSR count). The third kappa shape index (κ3) is 3.42. The van der Waals surface area contributed by atoms with Crippen LogP contribution in [0.25, 0.3) is 6.08 Å². The van der Waals surface area contributed by atoms with Gasteiger partial charge in [0.05, 0.1) is 6.10 Å². The van der Waals surface area contributed by atoms with Crippen molar-refractivity contribution >= 4 is 6.08 Å². The maximum Gasteiger partial charge on any atom is 0.115 e. The van der Waals surface area contributed by atoms with Crippen LogP contribution in [0.15, 0.2) is 60.2 Å². The van der Waals surface area contributed by atoms with E-state index in [1.807, 2.05) is 12.1 Å². The van der Waals surface area contributed by atoms with E-state index in [4.69, 9.17) is 0 Å². The highest BCUT2D eigenvalue weighted by molar-refractivity contribution is 5.53. The third-order valence-corrected chi connectivity index (χ3v) is 6.00. The number of nitrogens with zero attached hydrogens (tertiary/aromatic N) is 1. The van der Waals surface area contributed by atoms with Crippen molar-refractivity contribution in [3.63, 3.8) is 0 Å². The van der Waals surface area contributed by atoms with Crippen LogP contribution in [0.2, 0.25) is 0 Å². The molecule has 26 heavy (non-hydrogen) atoms. The van der Waals surface area contributed by atoms with Crippen molar-refractivity contribution in [2.45, 2.75) is 56.8 Å². The highest BCUT2D eigenvalue weighted by atomic mass is 16.3. The minimum absolute atomic E-state index is 0.0790. The molecule has 2 N–H and O–H groups in total. The third-order valence-electron chi connectivity index (χ3n) is 6.00. The summed E-state index contributed by atoms with van der Waals surface area (Å²) in [5.74, 6) is 0.238. The van der Waals surface area contributed by atoms with Crippen LogP contribution in [0.3, 0.4) is 0 Å². The Labute approximate surface area is 155 Å².